The lowest BCUT2D eigenvalue weighted by molar-refractivity contribution is -0.118. The topological polar surface area (TPSA) is 66.8 Å². The molecule has 35 heavy (non-hydrogen) atoms. The number of rotatable bonds is 4. The number of pyridine rings is 1. The summed E-state index contributed by atoms with van der Waals surface area (Å²) in [5.41, 5.74) is 9.23. The van der Waals surface area contributed by atoms with Gasteiger partial charge in [0.15, 0.2) is 0 Å². The minimum absolute atomic E-state index is 0.662. The molecule has 6 nitrogen and oxygen atoms in total. The van der Waals surface area contributed by atoms with E-state index in [1.807, 2.05) is 23.4 Å². The number of carbonyl (C=O) groups excluding carboxylic acids is 1. The molecule has 1 amide bonds. The van der Waals surface area contributed by atoms with E-state index in [0.29, 0.717) is 13.1 Å². The standard InChI is InChI=1S/C29H23N5O/c35-18-33-11-9-28-25(17-33)24-13-20(6-8-27(24)32-28)21-4-5-23-15-31-34(29(23)14-21)16-19-3-7-26-22(12-19)2-1-10-30-26/h1-8,10,12-15,18,32H,9,11,16-17H2. The summed E-state index contributed by atoms with van der Waals surface area (Å²) in [4.78, 5) is 21.2. The average Bonchev–Trinajstić information content (AvgIpc) is 3.48. The lowest BCUT2D eigenvalue weighted by Gasteiger charge is -2.22. The van der Waals surface area contributed by atoms with Crippen molar-refractivity contribution in [3.8, 4) is 11.1 Å². The van der Waals surface area contributed by atoms with Gasteiger partial charge >= 0.3 is 0 Å². The minimum atomic E-state index is 0.662. The molecule has 7 rings (SSSR count). The fourth-order valence-electron chi connectivity index (χ4n) is 5.28. The van der Waals surface area contributed by atoms with E-state index in [1.165, 1.54) is 22.2 Å². The molecule has 3 aromatic carbocycles. The maximum absolute atomic E-state index is 11.3. The molecule has 4 heterocycles. The van der Waals surface area contributed by atoms with E-state index in [4.69, 9.17) is 0 Å². The second-order valence-electron chi connectivity index (χ2n) is 9.27. The molecule has 0 saturated heterocycles. The van der Waals surface area contributed by atoms with Gasteiger partial charge in [-0.1, -0.05) is 30.3 Å². The molecule has 0 unspecified atom stereocenters. The summed E-state index contributed by atoms with van der Waals surface area (Å²) in [6, 6.07) is 23.5. The number of aromatic amines is 1. The maximum atomic E-state index is 11.3. The molecule has 0 saturated carbocycles. The third kappa shape index (κ3) is 3.37. The van der Waals surface area contributed by atoms with Gasteiger partial charge in [0.05, 0.1) is 23.8 Å². The van der Waals surface area contributed by atoms with E-state index < -0.39 is 0 Å². The van der Waals surface area contributed by atoms with Crippen molar-refractivity contribution in [2.45, 2.75) is 19.5 Å². The van der Waals surface area contributed by atoms with Crippen molar-refractivity contribution < 1.29 is 4.79 Å². The van der Waals surface area contributed by atoms with Gasteiger partial charge in [-0.2, -0.15) is 5.10 Å². The van der Waals surface area contributed by atoms with Gasteiger partial charge < -0.3 is 9.88 Å². The summed E-state index contributed by atoms with van der Waals surface area (Å²) >= 11 is 0. The van der Waals surface area contributed by atoms with Crippen molar-refractivity contribution >= 4 is 39.1 Å². The van der Waals surface area contributed by atoms with Crippen LogP contribution in [0.25, 0.3) is 43.8 Å². The van der Waals surface area contributed by atoms with Crippen LogP contribution in [-0.2, 0) is 24.3 Å². The predicted molar refractivity (Wildman–Crippen MR) is 138 cm³/mol. The van der Waals surface area contributed by atoms with E-state index in [0.717, 1.165) is 57.8 Å². The molecule has 170 valence electrons. The summed E-state index contributed by atoms with van der Waals surface area (Å²) in [6.45, 7) is 2.13. The van der Waals surface area contributed by atoms with Crippen molar-refractivity contribution in [1.82, 2.24) is 24.6 Å². The van der Waals surface area contributed by atoms with Gasteiger partial charge in [0.2, 0.25) is 6.41 Å². The second-order valence-corrected chi connectivity index (χ2v) is 9.27. The van der Waals surface area contributed by atoms with Gasteiger partial charge in [-0.05, 0) is 53.1 Å². The van der Waals surface area contributed by atoms with Gasteiger partial charge in [0.1, 0.15) is 0 Å². The zero-order chi connectivity index (χ0) is 23.4. The van der Waals surface area contributed by atoms with E-state index in [2.05, 4.69) is 80.4 Å². The van der Waals surface area contributed by atoms with E-state index in [9.17, 15) is 4.79 Å². The molecule has 0 aliphatic carbocycles. The molecule has 6 aromatic rings. The first-order valence-electron chi connectivity index (χ1n) is 11.9. The molecule has 0 spiro atoms. The number of aromatic nitrogens is 4. The summed E-state index contributed by atoms with van der Waals surface area (Å²) in [5, 5.41) is 8.14. The van der Waals surface area contributed by atoms with Crippen LogP contribution >= 0.6 is 0 Å². The van der Waals surface area contributed by atoms with Crippen molar-refractivity contribution in [2.75, 3.05) is 6.54 Å². The highest BCUT2D eigenvalue weighted by Crippen LogP contribution is 2.32. The predicted octanol–water partition coefficient (Wildman–Crippen LogP) is 5.30. The molecule has 0 atom stereocenters. The second kappa shape index (κ2) is 7.81. The monoisotopic (exact) mass is 457 g/mol. The van der Waals surface area contributed by atoms with E-state index >= 15 is 0 Å². The Kier molecular flexibility index (Phi) is 4.45. The number of H-pyrrole nitrogens is 1. The zero-order valence-corrected chi connectivity index (χ0v) is 19.1. The SMILES string of the molecule is O=CN1CCc2[nH]c3ccc(-c4ccc5cnn(Cc6ccc7ncccc7c6)c5c4)cc3c2C1. The first-order valence-corrected chi connectivity index (χ1v) is 11.9. The molecule has 0 radical (unpaired) electrons. The molecule has 1 aliphatic heterocycles. The Labute approximate surface area is 201 Å². The van der Waals surface area contributed by atoms with Crippen molar-refractivity contribution in [2.24, 2.45) is 0 Å². The van der Waals surface area contributed by atoms with Crippen LogP contribution in [0.3, 0.4) is 0 Å². The number of benzene rings is 3. The van der Waals surface area contributed by atoms with Crippen LogP contribution in [0.15, 0.2) is 79.1 Å². The lowest BCUT2D eigenvalue weighted by Crippen LogP contribution is -2.28. The Hall–Kier alpha value is -4.45. The summed E-state index contributed by atoms with van der Waals surface area (Å²) in [7, 11) is 0. The fourth-order valence-corrected chi connectivity index (χ4v) is 5.28. The van der Waals surface area contributed by atoms with Crippen LogP contribution in [0.1, 0.15) is 16.8 Å². The van der Waals surface area contributed by atoms with Crippen LogP contribution in [-0.4, -0.2) is 37.6 Å². The van der Waals surface area contributed by atoms with Gasteiger partial charge in [-0.15, -0.1) is 0 Å². The smallest absolute Gasteiger partial charge is 0.210 e. The minimum Gasteiger partial charge on any atom is -0.358 e. The summed E-state index contributed by atoms with van der Waals surface area (Å²) in [6.07, 6.45) is 5.58. The number of nitrogens with zero attached hydrogens (tertiary/aromatic N) is 4. The fraction of sp³-hybridized carbons (Fsp3) is 0.138. The summed E-state index contributed by atoms with van der Waals surface area (Å²) in [5.74, 6) is 0. The third-order valence-corrected chi connectivity index (χ3v) is 7.13. The van der Waals surface area contributed by atoms with Crippen LogP contribution in [0.5, 0.6) is 0 Å². The highest BCUT2D eigenvalue weighted by Gasteiger charge is 2.20. The molecular formula is C29H23N5O. The number of hydrogen-bond donors (Lipinski definition) is 1. The highest BCUT2D eigenvalue weighted by molar-refractivity contribution is 5.91. The molecule has 6 heteroatoms. The Morgan fingerprint density at radius 2 is 1.89 bits per heavy atom. The molecule has 3 aromatic heterocycles. The Bertz CT molecular complexity index is 1750. The lowest BCUT2D eigenvalue weighted by atomic mass is 9.99. The van der Waals surface area contributed by atoms with Gasteiger partial charge in [-0.3, -0.25) is 14.5 Å². The Balaban J connectivity index is 1.27. The molecular weight excluding hydrogens is 434 g/mol. The normalized spacial score (nSPS) is 13.5. The molecule has 1 aliphatic rings. The van der Waals surface area contributed by atoms with Crippen molar-refractivity contribution in [3.05, 3.63) is 95.9 Å². The van der Waals surface area contributed by atoms with Crippen molar-refractivity contribution in [3.63, 3.8) is 0 Å². The number of amides is 1. The largest absolute Gasteiger partial charge is 0.358 e. The quantitative estimate of drug-likeness (QED) is 0.366. The molecule has 1 N–H and O–H groups in total. The Morgan fingerprint density at radius 1 is 0.971 bits per heavy atom. The highest BCUT2D eigenvalue weighted by atomic mass is 16.1. The summed E-state index contributed by atoms with van der Waals surface area (Å²) < 4.78 is 2.06. The van der Waals surface area contributed by atoms with E-state index in [1.54, 1.807) is 0 Å². The molecule has 0 bridgehead atoms. The van der Waals surface area contributed by atoms with Crippen molar-refractivity contribution in [1.29, 1.82) is 0 Å². The number of hydrogen-bond acceptors (Lipinski definition) is 3. The van der Waals surface area contributed by atoms with Crippen LogP contribution in [0.4, 0.5) is 0 Å². The number of carbonyl (C=O) groups is 1. The molecule has 0 fully saturated rings. The zero-order valence-electron chi connectivity index (χ0n) is 19.1. The van der Waals surface area contributed by atoms with Crippen LogP contribution in [0, 0.1) is 0 Å². The first-order chi connectivity index (χ1) is 17.2. The number of nitrogens with one attached hydrogen (secondary N) is 1. The van der Waals surface area contributed by atoms with Gasteiger partial charge in [0.25, 0.3) is 0 Å². The van der Waals surface area contributed by atoms with Gasteiger partial charge in [-0.25, -0.2) is 0 Å². The third-order valence-electron chi connectivity index (χ3n) is 7.13. The van der Waals surface area contributed by atoms with Crippen LogP contribution in [0.2, 0.25) is 0 Å². The Morgan fingerprint density at radius 3 is 2.83 bits per heavy atom. The average molecular weight is 458 g/mol. The van der Waals surface area contributed by atoms with Gasteiger partial charge in [0, 0.05) is 58.6 Å². The van der Waals surface area contributed by atoms with E-state index in [-0.39, 0.29) is 0 Å². The van der Waals surface area contributed by atoms with Crippen LogP contribution < -0.4 is 0 Å². The maximum Gasteiger partial charge on any atom is 0.210 e. The first kappa shape index (κ1) is 20.0. The number of fused-ring (bicyclic) bond motifs is 5.